The molecule has 3 rings (SSSR count). The SMILES string of the molecule is NCCc1nc2cc(Cl)c(Cl)cc2n1S(=O)(=O)c1ccc([N+](=O)[O-])cc1. The number of hydrogen-bond acceptors (Lipinski definition) is 6. The summed E-state index contributed by atoms with van der Waals surface area (Å²) in [5, 5.41) is 11.2. The van der Waals surface area contributed by atoms with Crippen molar-refractivity contribution in [2.45, 2.75) is 11.3 Å². The molecular weight excluding hydrogens is 403 g/mol. The fourth-order valence-corrected chi connectivity index (χ4v) is 4.32. The van der Waals surface area contributed by atoms with Gasteiger partial charge in [0.2, 0.25) is 0 Å². The molecule has 0 fully saturated rings. The normalized spacial score (nSPS) is 11.8. The molecule has 1 aromatic heterocycles. The highest BCUT2D eigenvalue weighted by Gasteiger charge is 2.25. The molecule has 2 N–H and O–H groups in total. The van der Waals surface area contributed by atoms with Crippen molar-refractivity contribution in [1.82, 2.24) is 8.96 Å². The Balaban J connectivity index is 2.25. The van der Waals surface area contributed by atoms with E-state index >= 15 is 0 Å². The van der Waals surface area contributed by atoms with Crippen molar-refractivity contribution >= 4 is 49.9 Å². The summed E-state index contributed by atoms with van der Waals surface area (Å²) in [6.45, 7) is 0.181. The largest absolute Gasteiger partial charge is 0.330 e. The molecular formula is C15H12Cl2N4O4S. The third-order valence-electron chi connectivity index (χ3n) is 3.67. The molecule has 26 heavy (non-hydrogen) atoms. The van der Waals surface area contributed by atoms with Crippen LogP contribution in [0.4, 0.5) is 5.69 Å². The van der Waals surface area contributed by atoms with Crippen molar-refractivity contribution in [2.75, 3.05) is 6.54 Å². The van der Waals surface area contributed by atoms with Crippen molar-refractivity contribution in [1.29, 1.82) is 0 Å². The van der Waals surface area contributed by atoms with Crippen molar-refractivity contribution in [3.8, 4) is 0 Å². The minimum atomic E-state index is -4.07. The maximum absolute atomic E-state index is 13.1. The topological polar surface area (TPSA) is 121 Å². The number of benzene rings is 2. The molecule has 136 valence electrons. The summed E-state index contributed by atoms with van der Waals surface area (Å²) < 4.78 is 27.3. The fraction of sp³-hybridized carbons (Fsp3) is 0.133. The van der Waals surface area contributed by atoms with E-state index in [4.69, 9.17) is 28.9 Å². The lowest BCUT2D eigenvalue weighted by Gasteiger charge is -2.10. The third-order valence-corrected chi connectivity index (χ3v) is 6.15. The van der Waals surface area contributed by atoms with Crippen LogP contribution in [0.1, 0.15) is 5.82 Å². The summed E-state index contributed by atoms with van der Waals surface area (Å²) in [6, 6.07) is 7.47. The zero-order chi connectivity index (χ0) is 19.1. The number of imidazole rings is 1. The Kier molecular flexibility index (Phi) is 4.89. The molecule has 8 nitrogen and oxygen atoms in total. The molecule has 0 saturated carbocycles. The van der Waals surface area contributed by atoms with Crippen LogP contribution in [0.3, 0.4) is 0 Å². The Morgan fingerprint density at radius 2 is 1.77 bits per heavy atom. The van der Waals surface area contributed by atoms with Gasteiger partial charge in [-0.15, -0.1) is 0 Å². The van der Waals surface area contributed by atoms with E-state index in [0.29, 0.717) is 5.52 Å². The number of nitrogens with zero attached hydrogens (tertiary/aromatic N) is 3. The van der Waals surface area contributed by atoms with Crippen molar-refractivity contribution in [2.24, 2.45) is 5.73 Å². The lowest BCUT2D eigenvalue weighted by molar-refractivity contribution is -0.384. The van der Waals surface area contributed by atoms with Crippen LogP contribution >= 0.6 is 23.2 Å². The quantitative estimate of drug-likeness (QED) is 0.505. The van der Waals surface area contributed by atoms with Gasteiger partial charge in [-0.2, -0.15) is 0 Å². The van der Waals surface area contributed by atoms with Crippen molar-refractivity contribution in [3.63, 3.8) is 0 Å². The van der Waals surface area contributed by atoms with Crippen LogP contribution < -0.4 is 5.73 Å². The minimum absolute atomic E-state index is 0.119. The Morgan fingerprint density at radius 1 is 1.15 bits per heavy atom. The summed E-state index contributed by atoms with van der Waals surface area (Å²) in [5.41, 5.74) is 5.97. The van der Waals surface area contributed by atoms with Gasteiger partial charge in [0.25, 0.3) is 15.7 Å². The van der Waals surface area contributed by atoms with E-state index in [1.54, 1.807) is 0 Å². The van der Waals surface area contributed by atoms with Gasteiger partial charge in [0.05, 0.1) is 30.9 Å². The van der Waals surface area contributed by atoms with Crippen LogP contribution in [0, 0.1) is 10.1 Å². The Morgan fingerprint density at radius 3 is 2.35 bits per heavy atom. The van der Waals surface area contributed by atoms with Crippen LogP contribution in [0.15, 0.2) is 41.3 Å². The molecule has 0 aliphatic rings. The van der Waals surface area contributed by atoms with Crippen LogP contribution in [0.2, 0.25) is 10.0 Å². The summed E-state index contributed by atoms with van der Waals surface area (Å²) >= 11 is 12.0. The lowest BCUT2D eigenvalue weighted by atomic mass is 10.3. The van der Waals surface area contributed by atoms with Gasteiger partial charge in [0, 0.05) is 18.6 Å². The Bertz CT molecular complexity index is 1110. The number of nitro benzene ring substituents is 1. The van der Waals surface area contributed by atoms with Gasteiger partial charge >= 0.3 is 0 Å². The first-order valence-corrected chi connectivity index (χ1v) is 9.52. The maximum Gasteiger partial charge on any atom is 0.269 e. The zero-order valence-corrected chi connectivity index (χ0v) is 15.4. The molecule has 0 aliphatic carbocycles. The molecule has 0 atom stereocenters. The summed E-state index contributed by atoms with van der Waals surface area (Å²) in [5.74, 6) is 0.221. The van der Waals surface area contributed by atoms with Gasteiger partial charge in [-0.1, -0.05) is 23.2 Å². The standard InChI is InChI=1S/C15H12Cl2N4O4S/c16-11-7-13-14(8-12(11)17)20(15(19-13)5-6-18)26(24,25)10-3-1-9(2-4-10)21(22)23/h1-4,7-8H,5-6,18H2. The average Bonchev–Trinajstić information content (AvgIpc) is 2.93. The molecule has 11 heteroatoms. The second kappa shape index (κ2) is 6.84. The number of aromatic nitrogens is 2. The van der Waals surface area contributed by atoms with E-state index in [2.05, 4.69) is 4.98 Å². The highest BCUT2D eigenvalue weighted by molar-refractivity contribution is 7.90. The van der Waals surface area contributed by atoms with Gasteiger partial charge in [0.15, 0.2) is 0 Å². The molecule has 0 bridgehead atoms. The number of hydrogen-bond donors (Lipinski definition) is 1. The van der Waals surface area contributed by atoms with Gasteiger partial charge in [0.1, 0.15) is 5.82 Å². The molecule has 2 aromatic carbocycles. The van der Waals surface area contributed by atoms with Crippen LogP contribution in [-0.4, -0.2) is 28.8 Å². The van der Waals surface area contributed by atoms with E-state index in [1.165, 1.54) is 24.3 Å². The Hall–Kier alpha value is -2.20. The van der Waals surface area contributed by atoms with E-state index in [9.17, 15) is 18.5 Å². The molecule has 0 saturated heterocycles. The summed E-state index contributed by atoms with van der Waals surface area (Å²) in [7, 11) is -4.07. The predicted octanol–water partition coefficient (Wildman–Crippen LogP) is 2.99. The molecule has 0 aliphatic heterocycles. The molecule has 0 spiro atoms. The van der Waals surface area contributed by atoms with Crippen molar-refractivity contribution in [3.05, 3.63) is 62.4 Å². The van der Waals surface area contributed by atoms with E-state index in [1.807, 2.05) is 0 Å². The van der Waals surface area contributed by atoms with Gasteiger partial charge in [-0.25, -0.2) is 17.4 Å². The fourth-order valence-electron chi connectivity index (χ4n) is 2.50. The van der Waals surface area contributed by atoms with E-state index in [-0.39, 0.29) is 44.9 Å². The first-order chi connectivity index (χ1) is 12.3. The lowest BCUT2D eigenvalue weighted by Crippen LogP contribution is -2.18. The molecule has 3 aromatic rings. The second-order valence-electron chi connectivity index (χ2n) is 5.34. The monoisotopic (exact) mass is 414 g/mol. The van der Waals surface area contributed by atoms with E-state index < -0.39 is 14.9 Å². The van der Waals surface area contributed by atoms with Gasteiger partial charge in [-0.3, -0.25) is 10.1 Å². The predicted molar refractivity (Wildman–Crippen MR) is 98.2 cm³/mol. The van der Waals surface area contributed by atoms with E-state index in [0.717, 1.165) is 16.1 Å². The molecule has 0 amide bonds. The van der Waals surface area contributed by atoms with Crippen LogP contribution in [-0.2, 0) is 16.4 Å². The number of non-ortho nitro benzene ring substituents is 1. The third kappa shape index (κ3) is 3.14. The smallest absolute Gasteiger partial charge is 0.269 e. The zero-order valence-electron chi connectivity index (χ0n) is 13.1. The molecule has 1 heterocycles. The summed E-state index contributed by atoms with van der Waals surface area (Å²) in [6.07, 6.45) is 0.204. The second-order valence-corrected chi connectivity index (χ2v) is 7.94. The number of nitrogens with two attached hydrogens (primary N) is 1. The minimum Gasteiger partial charge on any atom is -0.330 e. The highest BCUT2D eigenvalue weighted by atomic mass is 35.5. The highest BCUT2D eigenvalue weighted by Crippen LogP contribution is 2.31. The van der Waals surface area contributed by atoms with Crippen LogP contribution in [0.25, 0.3) is 11.0 Å². The first kappa shape index (κ1) is 18.6. The maximum atomic E-state index is 13.1. The summed E-state index contributed by atoms with van der Waals surface area (Å²) in [4.78, 5) is 14.3. The van der Waals surface area contributed by atoms with Gasteiger partial charge < -0.3 is 5.73 Å². The average molecular weight is 415 g/mol. The Labute approximate surface area is 158 Å². The number of halogens is 2. The van der Waals surface area contributed by atoms with Gasteiger partial charge in [-0.05, 0) is 30.8 Å². The molecule has 0 radical (unpaired) electrons. The number of fused-ring (bicyclic) bond motifs is 1. The first-order valence-electron chi connectivity index (χ1n) is 7.32. The number of rotatable bonds is 5. The number of nitro groups is 1. The molecule has 0 unspecified atom stereocenters. The van der Waals surface area contributed by atoms with Crippen molar-refractivity contribution < 1.29 is 13.3 Å². The van der Waals surface area contributed by atoms with Crippen LogP contribution in [0.5, 0.6) is 0 Å².